The summed E-state index contributed by atoms with van der Waals surface area (Å²) in [6.07, 6.45) is 2.34. The summed E-state index contributed by atoms with van der Waals surface area (Å²) < 4.78 is 5.30. The Morgan fingerprint density at radius 1 is 1.32 bits per heavy atom. The molecule has 4 heteroatoms. The number of unbranched alkanes of at least 4 members (excludes halogenated alkanes) is 1. The third-order valence-electron chi connectivity index (χ3n) is 2.93. The summed E-state index contributed by atoms with van der Waals surface area (Å²) in [5, 5.41) is 12.3. The number of nitriles is 1. The Morgan fingerprint density at radius 2 is 2.11 bits per heavy atom. The second-order valence-corrected chi connectivity index (χ2v) is 4.83. The molecule has 4 nitrogen and oxygen atoms in total. The largest absolute Gasteiger partial charge is 0.496 e. The van der Waals surface area contributed by atoms with E-state index in [1.54, 1.807) is 13.2 Å². The minimum absolute atomic E-state index is 0.671. The zero-order chi connectivity index (χ0) is 14.1. The van der Waals surface area contributed by atoms with Crippen molar-refractivity contribution in [1.29, 1.82) is 5.26 Å². The molecule has 1 aromatic carbocycles. The van der Waals surface area contributed by atoms with Gasteiger partial charge in [-0.25, -0.2) is 0 Å². The Morgan fingerprint density at radius 3 is 2.74 bits per heavy atom. The Kier molecular flexibility index (Phi) is 6.94. The standard InChI is InChI=1S/C15H23N3O/c1-18(2)9-5-4-8-17-12-14-10-13(11-16)6-7-15(14)19-3/h6-7,10,17H,4-5,8-9,12H2,1-3H3. The van der Waals surface area contributed by atoms with E-state index in [0.29, 0.717) is 5.56 Å². The Hall–Kier alpha value is -1.57. The van der Waals surface area contributed by atoms with Gasteiger partial charge in [0.2, 0.25) is 0 Å². The van der Waals surface area contributed by atoms with Crippen molar-refractivity contribution in [2.75, 3.05) is 34.3 Å². The molecule has 0 heterocycles. The van der Waals surface area contributed by atoms with E-state index in [9.17, 15) is 0 Å². The lowest BCUT2D eigenvalue weighted by atomic mass is 10.1. The number of nitrogens with zero attached hydrogens (tertiary/aromatic N) is 2. The molecule has 0 aromatic heterocycles. The molecule has 104 valence electrons. The monoisotopic (exact) mass is 261 g/mol. The van der Waals surface area contributed by atoms with E-state index in [4.69, 9.17) is 10.00 Å². The van der Waals surface area contributed by atoms with Gasteiger partial charge in [0, 0.05) is 12.1 Å². The minimum atomic E-state index is 0.671. The van der Waals surface area contributed by atoms with Crippen LogP contribution in [0.25, 0.3) is 0 Å². The molecule has 0 spiro atoms. The van der Waals surface area contributed by atoms with Gasteiger partial charge in [0.15, 0.2) is 0 Å². The Bertz CT molecular complexity index is 424. The van der Waals surface area contributed by atoms with Crippen LogP contribution in [0, 0.1) is 11.3 Å². The third-order valence-corrected chi connectivity index (χ3v) is 2.93. The molecule has 0 radical (unpaired) electrons. The Balaban J connectivity index is 2.38. The van der Waals surface area contributed by atoms with Crippen LogP contribution in [0.1, 0.15) is 24.0 Å². The van der Waals surface area contributed by atoms with Crippen molar-refractivity contribution in [2.45, 2.75) is 19.4 Å². The number of ether oxygens (including phenoxy) is 1. The van der Waals surface area contributed by atoms with Gasteiger partial charge in [0.25, 0.3) is 0 Å². The zero-order valence-corrected chi connectivity index (χ0v) is 12.1. The third kappa shape index (κ3) is 5.73. The van der Waals surface area contributed by atoms with Crippen molar-refractivity contribution in [3.05, 3.63) is 29.3 Å². The second-order valence-electron chi connectivity index (χ2n) is 4.83. The first-order valence-electron chi connectivity index (χ1n) is 6.60. The average Bonchev–Trinajstić information content (AvgIpc) is 2.42. The summed E-state index contributed by atoms with van der Waals surface area (Å²) >= 11 is 0. The van der Waals surface area contributed by atoms with Gasteiger partial charge in [0.1, 0.15) is 5.75 Å². The number of methoxy groups -OCH3 is 1. The van der Waals surface area contributed by atoms with Crippen molar-refractivity contribution in [3.8, 4) is 11.8 Å². The van der Waals surface area contributed by atoms with Crippen molar-refractivity contribution < 1.29 is 4.74 Å². The highest BCUT2D eigenvalue weighted by Gasteiger charge is 2.03. The molecule has 0 aliphatic carbocycles. The molecule has 0 saturated carbocycles. The summed E-state index contributed by atoms with van der Waals surface area (Å²) in [6, 6.07) is 7.66. The van der Waals surface area contributed by atoms with E-state index in [-0.39, 0.29) is 0 Å². The maximum absolute atomic E-state index is 8.90. The quantitative estimate of drug-likeness (QED) is 0.727. The van der Waals surface area contributed by atoms with Crippen LogP contribution < -0.4 is 10.1 Å². The van der Waals surface area contributed by atoms with Crippen molar-refractivity contribution in [3.63, 3.8) is 0 Å². The van der Waals surface area contributed by atoms with Gasteiger partial charge in [-0.1, -0.05) is 0 Å². The first kappa shape index (κ1) is 15.5. The molecular weight excluding hydrogens is 238 g/mol. The van der Waals surface area contributed by atoms with E-state index in [2.05, 4.69) is 30.4 Å². The van der Waals surface area contributed by atoms with Crippen LogP contribution in [0.4, 0.5) is 0 Å². The van der Waals surface area contributed by atoms with E-state index in [0.717, 1.165) is 37.4 Å². The molecule has 19 heavy (non-hydrogen) atoms. The second kappa shape index (κ2) is 8.52. The van der Waals surface area contributed by atoms with Crippen LogP contribution in [0.2, 0.25) is 0 Å². The fraction of sp³-hybridized carbons (Fsp3) is 0.533. The van der Waals surface area contributed by atoms with E-state index < -0.39 is 0 Å². The van der Waals surface area contributed by atoms with Gasteiger partial charge < -0.3 is 15.0 Å². The van der Waals surface area contributed by atoms with E-state index in [1.807, 2.05) is 12.1 Å². The molecule has 0 aliphatic rings. The molecule has 0 bridgehead atoms. The highest BCUT2D eigenvalue weighted by Crippen LogP contribution is 2.19. The summed E-state index contributed by atoms with van der Waals surface area (Å²) in [4.78, 5) is 2.19. The van der Waals surface area contributed by atoms with Crippen LogP contribution in [-0.4, -0.2) is 39.2 Å². The van der Waals surface area contributed by atoms with Crippen LogP contribution >= 0.6 is 0 Å². The maximum atomic E-state index is 8.90. The van der Waals surface area contributed by atoms with Crippen LogP contribution in [0.5, 0.6) is 5.75 Å². The fourth-order valence-electron chi connectivity index (χ4n) is 1.89. The smallest absolute Gasteiger partial charge is 0.123 e. The summed E-state index contributed by atoms with van der Waals surface area (Å²) in [7, 11) is 5.83. The summed E-state index contributed by atoms with van der Waals surface area (Å²) in [5.41, 5.74) is 1.71. The lowest BCUT2D eigenvalue weighted by molar-refractivity contribution is 0.390. The van der Waals surface area contributed by atoms with Crippen molar-refractivity contribution in [2.24, 2.45) is 0 Å². The van der Waals surface area contributed by atoms with Gasteiger partial charge in [-0.05, 0) is 58.2 Å². The zero-order valence-electron chi connectivity index (χ0n) is 12.1. The molecule has 0 saturated heterocycles. The Labute approximate surface area is 116 Å². The molecule has 0 amide bonds. The van der Waals surface area contributed by atoms with Crippen LogP contribution in [-0.2, 0) is 6.54 Å². The first-order chi connectivity index (χ1) is 9.17. The van der Waals surface area contributed by atoms with E-state index in [1.165, 1.54) is 6.42 Å². The van der Waals surface area contributed by atoms with Gasteiger partial charge in [-0.2, -0.15) is 5.26 Å². The minimum Gasteiger partial charge on any atom is -0.496 e. The fourth-order valence-corrected chi connectivity index (χ4v) is 1.89. The average molecular weight is 261 g/mol. The molecule has 0 aliphatic heterocycles. The molecule has 1 aromatic rings. The van der Waals surface area contributed by atoms with Crippen molar-refractivity contribution >= 4 is 0 Å². The van der Waals surface area contributed by atoms with Gasteiger partial charge in [-0.3, -0.25) is 0 Å². The molecule has 0 fully saturated rings. The SMILES string of the molecule is COc1ccc(C#N)cc1CNCCCCN(C)C. The number of hydrogen-bond donors (Lipinski definition) is 1. The molecule has 1 N–H and O–H groups in total. The van der Waals surface area contributed by atoms with Gasteiger partial charge in [0.05, 0.1) is 18.7 Å². The number of rotatable bonds is 8. The van der Waals surface area contributed by atoms with Crippen LogP contribution in [0.3, 0.4) is 0 Å². The molecular formula is C15H23N3O. The highest BCUT2D eigenvalue weighted by atomic mass is 16.5. The lowest BCUT2D eigenvalue weighted by Gasteiger charge is -2.11. The van der Waals surface area contributed by atoms with Gasteiger partial charge in [-0.15, -0.1) is 0 Å². The van der Waals surface area contributed by atoms with Crippen LogP contribution in [0.15, 0.2) is 18.2 Å². The normalized spacial score (nSPS) is 10.5. The highest BCUT2D eigenvalue weighted by molar-refractivity contribution is 5.41. The predicted octanol–water partition coefficient (Wildman–Crippen LogP) is 2.00. The van der Waals surface area contributed by atoms with Crippen molar-refractivity contribution in [1.82, 2.24) is 10.2 Å². The topological polar surface area (TPSA) is 48.3 Å². The maximum Gasteiger partial charge on any atom is 0.123 e. The molecule has 0 atom stereocenters. The lowest BCUT2D eigenvalue weighted by Crippen LogP contribution is -2.18. The molecule has 1 rings (SSSR count). The first-order valence-corrected chi connectivity index (χ1v) is 6.60. The predicted molar refractivity (Wildman–Crippen MR) is 77.2 cm³/mol. The number of nitrogens with one attached hydrogen (secondary N) is 1. The summed E-state index contributed by atoms with van der Waals surface area (Å²) in [5.74, 6) is 0.833. The van der Waals surface area contributed by atoms with E-state index >= 15 is 0 Å². The van der Waals surface area contributed by atoms with Gasteiger partial charge >= 0.3 is 0 Å². The molecule has 0 unspecified atom stereocenters. The summed E-state index contributed by atoms with van der Waals surface area (Å²) in [6.45, 7) is 2.84. The number of hydrogen-bond acceptors (Lipinski definition) is 4. The number of benzene rings is 1.